The van der Waals surface area contributed by atoms with Crippen LogP contribution in [0.25, 0.3) is 10.9 Å². The Labute approximate surface area is 197 Å². The van der Waals surface area contributed by atoms with Crippen LogP contribution in [0, 0.1) is 13.8 Å². The molecular formula is C21H23N7O2S. The van der Waals surface area contributed by atoms with E-state index >= 15 is 0 Å². The molecule has 0 fully saturated rings. The zero-order valence-electron chi connectivity index (χ0n) is 28.2. The van der Waals surface area contributed by atoms with Crippen molar-refractivity contribution in [2.75, 3.05) is 17.3 Å². The number of aryl methyl sites for hydroxylation is 2. The summed E-state index contributed by atoms with van der Waals surface area (Å²) in [5, 5.41) is 11.1. The van der Waals surface area contributed by atoms with Gasteiger partial charge in [-0.25, -0.2) is 18.5 Å². The number of anilines is 4. The van der Waals surface area contributed by atoms with Crippen LogP contribution in [0.1, 0.15) is 27.7 Å². The van der Waals surface area contributed by atoms with Crippen molar-refractivity contribution in [3.8, 4) is 0 Å². The van der Waals surface area contributed by atoms with Crippen LogP contribution in [0.2, 0.25) is 0 Å². The molecule has 0 saturated heterocycles. The molecule has 2 heterocycles. The van der Waals surface area contributed by atoms with Gasteiger partial charge in [0.15, 0.2) is 0 Å². The number of rotatable bonds is 5. The number of primary sulfonamides is 1. The molecule has 31 heavy (non-hydrogen) atoms. The van der Waals surface area contributed by atoms with Crippen LogP contribution >= 0.6 is 0 Å². The third-order valence-electron chi connectivity index (χ3n) is 4.22. The predicted octanol–water partition coefficient (Wildman–Crippen LogP) is 3.14. The first-order valence-electron chi connectivity index (χ1n) is 14.6. The summed E-state index contributed by atoms with van der Waals surface area (Å²) in [6, 6.07) is -2.26. The molecule has 0 amide bonds. The maximum Gasteiger partial charge on any atom is 0.238 e. The van der Waals surface area contributed by atoms with Gasteiger partial charge in [-0.05, 0) is 55.6 Å². The lowest BCUT2D eigenvalue weighted by atomic mass is 10.2. The van der Waals surface area contributed by atoms with E-state index in [4.69, 9.17) is 21.6 Å². The van der Waals surface area contributed by atoms with Gasteiger partial charge in [-0.1, -0.05) is 6.04 Å². The Balaban J connectivity index is 1.87. The molecule has 4 aromatic rings. The maximum absolute atomic E-state index is 12.1. The first-order valence-corrected chi connectivity index (χ1v) is 10.1. The predicted molar refractivity (Wildman–Crippen MR) is 121 cm³/mol. The molecule has 0 aliphatic carbocycles. The Hall–Kier alpha value is -3.50. The molecule has 0 unspecified atom stereocenters. The van der Waals surface area contributed by atoms with E-state index in [0.29, 0.717) is 0 Å². The largest absolute Gasteiger partial charge is 0.329 e. The Kier molecular flexibility index (Phi) is 2.63. The first-order chi connectivity index (χ1) is 19.6. The van der Waals surface area contributed by atoms with Crippen molar-refractivity contribution in [3.63, 3.8) is 0 Å². The van der Waals surface area contributed by atoms with Gasteiger partial charge in [0.2, 0.25) is 16.0 Å². The van der Waals surface area contributed by atoms with Gasteiger partial charge in [0.05, 0.1) is 18.6 Å². The lowest BCUT2D eigenvalue weighted by Gasteiger charge is -2.19. The summed E-state index contributed by atoms with van der Waals surface area (Å²) < 4.78 is 121. The minimum atomic E-state index is -4.44. The molecule has 4 rings (SSSR count). The average molecular weight is 450 g/mol. The van der Waals surface area contributed by atoms with Crippen LogP contribution < -0.4 is 15.4 Å². The Bertz CT molecular complexity index is 1910. The number of hydrogen-bond acceptors (Lipinski definition) is 7. The van der Waals surface area contributed by atoms with Crippen molar-refractivity contribution in [1.82, 2.24) is 19.7 Å². The van der Waals surface area contributed by atoms with Gasteiger partial charge in [0.1, 0.15) is 5.82 Å². The molecule has 0 bridgehead atoms. The molecule has 2 aromatic carbocycles. The number of sulfonamides is 1. The highest BCUT2D eigenvalue weighted by molar-refractivity contribution is 7.89. The fourth-order valence-electron chi connectivity index (χ4n) is 2.68. The van der Waals surface area contributed by atoms with Crippen molar-refractivity contribution in [1.29, 1.82) is 0 Å². The molecule has 0 saturated carbocycles. The highest BCUT2D eigenvalue weighted by Crippen LogP contribution is 2.28. The highest BCUT2D eigenvalue weighted by Gasteiger charge is 2.14. The quantitative estimate of drug-likeness (QED) is 0.480. The fraction of sp³-hybridized carbons (Fsp3) is 0.190. The summed E-state index contributed by atoms with van der Waals surface area (Å²) in [7, 11) is -3.09. The van der Waals surface area contributed by atoms with Crippen LogP contribution in [-0.4, -0.2) is 35.2 Å². The summed E-state index contributed by atoms with van der Waals surface area (Å²) in [6.45, 7) is -4.86. The average Bonchev–Trinajstić information content (AvgIpc) is 3.31. The SMILES string of the molecule is [2H]c1c([2H])c(Nc2nccc(N(C)c3c([2H])c([2H])c4c(C([2H])([2H])[2H])n(C([2H])([2H])[2H])nc4c3[2H])n2)c([2H])c(S(N)(=O)=O)c1C. The monoisotopic (exact) mass is 449 g/mol. The lowest BCUT2D eigenvalue weighted by molar-refractivity contribution is 0.597. The number of nitrogens with one attached hydrogen (secondary N) is 1. The summed E-state index contributed by atoms with van der Waals surface area (Å²) in [4.78, 5) is 8.72. The molecule has 3 N–H and O–H groups in total. The Morgan fingerprint density at radius 3 is 2.84 bits per heavy atom. The molecule has 2 aromatic heterocycles. The van der Waals surface area contributed by atoms with E-state index in [1.165, 1.54) is 31.1 Å². The first kappa shape index (κ1) is 10.7. The van der Waals surface area contributed by atoms with Crippen LogP contribution in [-0.2, 0) is 17.0 Å². The second-order valence-electron chi connectivity index (χ2n) is 6.38. The van der Waals surface area contributed by atoms with Gasteiger partial charge in [-0.2, -0.15) is 10.1 Å². The second-order valence-corrected chi connectivity index (χ2v) is 7.88. The van der Waals surface area contributed by atoms with E-state index in [1.807, 2.05) is 0 Å². The minimum absolute atomic E-state index is 0.0208. The van der Waals surface area contributed by atoms with Crippen LogP contribution in [0.4, 0.5) is 23.1 Å². The lowest BCUT2D eigenvalue weighted by Crippen LogP contribution is -2.14. The van der Waals surface area contributed by atoms with Crippen LogP contribution in [0.15, 0.2) is 53.4 Å². The van der Waals surface area contributed by atoms with E-state index in [1.54, 1.807) is 0 Å². The van der Waals surface area contributed by atoms with Crippen molar-refractivity contribution < 1.29 is 24.9 Å². The normalized spacial score (nSPS) is 18.0. The molecule has 160 valence electrons. The van der Waals surface area contributed by atoms with Crippen molar-refractivity contribution in [2.45, 2.75) is 18.7 Å². The van der Waals surface area contributed by atoms with E-state index in [2.05, 4.69) is 20.4 Å². The van der Waals surface area contributed by atoms with Gasteiger partial charge < -0.3 is 10.2 Å². The van der Waals surface area contributed by atoms with Gasteiger partial charge >= 0.3 is 0 Å². The van der Waals surface area contributed by atoms with E-state index < -0.39 is 87.3 Å². The molecule has 0 radical (unpaired) electrons. The minimum Gasteiger partial charge on any atom is -0.329 e. The van der Waals surface area contributed by atoms with E-state index in [-0.39, 0.29) is 27.7 Å². The van der Waals surface area contributed by atoms with Gasteiger partial charge in [0.25, 0.3) is 0 Å². The smallest absolute Gasteiger partial charge is 0.238 e. The number of fused-ring (bicyclic) bond motifs is 1. The highest BCUT2D eigenvalue weighted by atomic mass is 32.2. The van der Waals surface area contributed by atoms with E-state index in [0.717, 1.165) is 0 Å². The van der Waals surface area contributed by atoms with E-state index in [9.17, 15) is 8.42 Å². The number of benzene rings is 2. The van der Waals surface area contributed by atoms with Gasteiger partial charge in [-0.15, -0.1) is 0 Å². The Morgan fingerprint density at radius 1 is 1.26 bits per heavy atom. The molecule has 9 nitrogen and oxygen atoms in total. The number of nitrogens with two attached hydrogens (primary N) is 1. The van der Waals surface area contributed by atoms with Gasteiger partial charge in [-0.3, -0.25) is 4.68 Å². The van der Waals surface area contributed by atoms with Gasteiger partial charge in [0, 0.05) is 50.9 Å². The molecule has 0 aliphatic heterocycles. The number of aromatic nitrogens is 4. The number of nitrogens with zero attached hydrogens (tertiary/aromatic N) is 5. The van der Waals surface area contributed by atoms with Crippen molar-refractivity contribution in [3.05, 3.63) is 59.8 Å². The topological polar surface area (TPSA) is 119 Å². The molecule has 0 spiro atoms. The zero-order chi connectivity index (χ0) is 32.6. The van der Waals surface area contributed by atoms with Crippen molar-refractivity contribution in [2.24, 2.45) is 12.1 Å². The Morgan fingerprint density at radius 2 is 2.10 bits per heavy atom. The standard InChI is InChI=1S/C21H23N7O2S/c1-13-5-6-15(11-19(13)31(22,29)30)24-21-23-10-9-20(25-21)27(3)16-7-8-17-14(2)28(4)26-18(17)12-16/h5-12H,1-4H3,(H2,22,29,30)(H,23,24,25)/i2D3,4D3,5D,6D,7D,8D,11D,12D. The third-order valence-corrected chi connectivity index (χ3v) is 5.20. The summed E-state index contributed by atoms with van der Waals surface area (Å²) in [5.74, 6) is -0.302. The van der Waals surface area contributed by atoms with Crippen LogP contribution in [0.5, 0.6) is 0 Å². The summed E-state index contributed by atoms with van der Waals surface area (Å²) >= 11 is 0. The van der Waals surface area contributed by atoms with Crippen molar-refractivity contribution >= 4 is 44.1 Å². The molecule has 0 aliphatic rings. The second kappa shape index (κ2) is 7.64. The fourth-order valence-corrected chi connectivity index (χ4v) is 3.40. The number of hydrogen-bond donors (Lipinski definition) is 2. The molecule has 0 atom stereocenters. The third kappa shape index (κ3) is 4.07. The van der Waals surface area contributed by atoms with Crippen LogP contribution in [0.3, 0.4) is 0 Å². The molecular weight excluding hydrogens is 414 g/mol. The summed E-state index contributed by atoms with van der Waals surface area (Å²) in [5.41, 5.74) is -2.14. The maximum atomic E-state index is 12.1. The zero-order valence-corrected chi connectivity index (χ0v) is 17.0. The summed E-state index contributed by atoms with van der Waals surface area (Å²) in [6.07, 6.45) is 1.22. The molecule has 10 heteroatoms.